The summed E-state index contributed by atoms with van der Waals surface area (Å²) in [5, 5.41) is 3.60. The van der Waals surface area contributed by atoms with Crippen molar-refractivity contribution in [3.8, 4) is 0 Å². The summed E-state index contributed by atoms with van der Waals surface area (Å²) in [7, 11) is 2.04. The Morgan fingerprint density at radius 3 is 2.38 bits per heavy atom. The number of hydrogen-bond donors (Lipinski definition) is 1. The molecule has 136 valence electrons. The summed E-state index contributed by atoms with van der Waals surface area (Å²) in [6.45, 7) is 3.06. The lowest BCUT2D eigenvalue weighted by Gasteiger charge is -2.32. The van der Waals surface area contributed by atoms with Crippen LogP contribution in [0.15, 0.2) is 42.5 Å². The van der Waals surface area contributed by atoms with Gasteiger partial charge in [0.2, 0.25) is 0 Å². The van der Waals surface area contributed by atoms with Gasteiger partial charge in [0.05, 0.1) is 10.7 Å². The molecule has 3 rings (SSSR count). The number of rotatable bonds is 3. The van der Waals surface area contributed by atoms with Crippen molar-refractivity contribution in [3.05, 3.63) is 63.6 Å². The number of likely N-dealkylation sites (N-methyl/N-ethyl adjacent to an activating group) is 1. The number of carbonyl (C=O) groups is 2. The van der Waals surface area contributed by atoms with Crippen LogP contribution in [0.2, 0.25) is 10.0 Å². The van der Waals surface area contributed by atoms with Crippen LogP contribution in [0.3, 0.4) is 0 Å². The van der Waals surface area contributed by atoms with Crippen LogP contribution in [0.1, 0.15) is 20.7 Å². The van der Waals surface area contributed by atoms with Crippen molar-refractivity contribution in [1.82, 2.24) is 9.80 Å². The van der Waals surface area contributed by atoms with Gasteiger partial charge in [0.1, 0.15) is 0 Å². The number of carbonyl (C=O) groups excluding carboxylic acids is 2. The van der Waals surface area contributed by atoms with Crippen LogP contribution in [-0.2, 0) is 0 Å². The second kappa shape index (κ2) is 8.08. The van der Waals surface area contributed by atoms with E-state index in [1.54, 1.807) is 42.5 Å². The monoisotopic (exact) mass is 391 g/mol. The van der Waals surface area contributed by atoms with Gasteiger partial charge in [-0.2, -0.15) is 0 Å². The zero-order chi connectivity index (χ0) is 18.7. The molecular formula is C19H19Cl2N3O2. The van der Waals surface area contributed by atoms with Gasteiger partial charge in [-0.15, -0.1) is 0 Å². The van der Waals surface area contributed by atoms with E-state index in [9.17, 15) is 9.59 Å². The second-order valence-electron chi connectivity index (χ2n) is 6.25. The molecule has 0 unspecified atom stereocenters. The molecule has 2 amide bonds. The molecule has 1 fully saturated rings. The molecule has 1 heterocycles. The first kappa shape index (κ1) is 18.7. The molecule has 0 bridgehead atoms. The number of nitrogens with one attached hydrogen (secondary N) is 1. The fourth-order valence-electron chi connectivity index (χ4n) is 2.77. The smallest absolute Gasteiger partial charge is 0.255 e. The summed E-state index contributed by atoms with van der Waals surface area (Å²) in [6.07, 6.45) is 0. The Bertz CT molecular complexity index is 833. The molecule has 0 saturated carbocycles. The minimum atomic E-state index is -0.335. The maximum atomic E-state index is 12.7. The van der Waals surface area contributed by atoms with Crippen LogP contribution in [0.5, 0.6) is 0 Å². The number of hydrogen-bond acceptors (Lipinski definition) is 3. The van der Waals surface area contributed by atoms with Crippen LogP contribution in [0.25, 0.3) is 0 Å². The van der Waals surface area contributed by atoms with Crippen LogP contribution in [0, 0.1) is 0 Å². The molecule has 0 aliphatic carbocycles. The molecule has 26 heavy (non-hydrogen) atoms. The van der Waals surface area contributed by atoms with Gasteiger partial charge in [-0.3, -0.25) is 9.59 Å². The minimum Gasteiger partial charge on any atom is -0.336 e. The molecule has 0 atom stereocenters. The number of piperazine rings is 1. The van der Waals surface area contributed by atoms with E-state index in [0.29, 0.717) is 39.9 Å². The summed E-state index contributed by atoms with van der Waals surface area (Å²) < 4.78 is 0. The molecule has 2 aromatic rings. The van der Waals surface area contributed by atoms with E-state index < -0.39 is 0 Å². The molecule has 1 N–H and O–H groups in total. The summed E-state index contributed by atoms with van der Waals surface area (Å²) in [4.78, 5) is 29.1. The quantitative estimate of drug-likeness (QED) is 0.868. The van der Waals surface area contributed by atoms with E-state index in [4.69, 9.17) is 23.2 Å². The summed E-state index contributed by atoms with van der Waals surface area (Å²) >= 11 is 12.1. The average Bonchev–Trinajstić information content (AvgIpc) is 2.63. The summed E-state index contributed by atoms with van der Waals surface area (Å²) in [6, 6.07) is 11.5. The Kier molecular flexibility index (Phi) is 5.81. The molecule has 1 saturated heterocycles. The van der Waals surface area contributed by atoms with Crippen molar-refractivity contribution in [2.75, 3.05) is 38.5 Å². The highest BCUT2D eigenvalue weighted by Crippen LogP contribution is 2.25. The zero-order valence-electron chi connectivity index (χ0n) is 14.3. The molecule has 2 aromatic carbocycles. The van der Waals surface area contributed by atoms with E-state index in [2.05, 4.69) is 10.2 Å². The van der Waals surface area contributed by atoms with E-state index in [1.165, 1.54) is 0 Å². The molecule has 0 radical (unpaired) electrons. The average molecular weight is 392 g/mol. The fourth-order valence-corrected chi connectivity index (χ4v) is 3.13. The highest BCUT2D eigenvalue weighted by Gasteiger charge is 2.21. The van der Waals surface area contributed by atoms with E-state index >= 15 is 0 Å². The van der Waals surface area contributed by atoms with Crippen molar-refractivity contribution in [2.45, 2.75) is 0 Å². The van der Waals surface area contributed by atoms with Gasteiger partial charge in [-0.05, 0) is 43.4 Å². The Labute approximate surface area is 162 Å². The van der Waals surface area contributed by atoms with Gasteiger partial charge in [-0.25, -0.2) is 0 Å². The largest absolute Gasteiger partial charge is 0.336 e. The maximum Gasteiger partial charge on any atom is 0.255 e. The first-order chi connectivity index (χ1) is 12.4. The number of nitrogens with zero attached hydrogens (tertiary/aromatic N) is 2. The highest BCUT2D eigenvalue weighted by atomic mass is 35.5. The zero-order valence-corrected chi connectivity index (χ0v) is 15.8. The van der Waals surface area contributed by atoms with Gasteiger partial charge in [0.25, 0.3) is 11.8 Å². The number of anilines is 1. The Morgan fingerprint density at radius 2 is 1.69 bits per heavy atom. The Hall–Kier alpha value is -2.08. The van der Waals surface area contributed by atoms with Crippen LogP contribution in [0.4, 0.5) is 5.69 Å². The normalized spacial score (nSPS) is 15.0. The van der Waals surface area contributed by atoms with E-state index in [0.717, 1.165) is 13.1 Å². The molecule has 0 aromatic heterocycles. The van der Waals surface area contributed by atoms with Crippen molar-refractivity contribution < 1.29 is 9.59 Å². The van der Waals surface area contributed by atoms with Crippen molar-refractivity contribution in [1.29, 1.82) is 0 Å². The predicted octanol–water partition coefficient (Wildman–Crippen LogP) is 3.63. The molecular weight excluding hydrogens is 373 g/mol. The first-order valence-electron chi connectivity index (χ1n) is 8.28. The number of amides is 2. The standard InChI is InChI=1S/C19H19Cl2N3O2/c1-23-7-9-24(10-8-23)19(26)14-5-6-16(21)17(12-14)22-18(25)13-3-2-4-15(20)11-13/h2-6,11-12H,7-10H2,1H3,(H,22,25). The van der Waals surface area contributed by atoms with E-state index in [1.807, 2.05) is 11.9 Å². The lowest BCUT2D eigenvalue weighted by Crippen LogP contribution is -2.47. The van der Waals surface area contributed by atoms with Crippen molar-refractivity contribution in [3.63, 3.8) is 0 Å². The first-order valence-corrected chi connectivity index (χ1v) is 9.04. The Morgan fingerprint density at radius 1 is 0.962 bits per heavy atom. The summed E-state index contributed by atoms with van der Waals surface area (Å²) in [5.74, 6) is -0.397. The Balaban J connectivity index is 1.77. The van der Waals surface area contributed by atoms with E-state index in [-0.39, 0.29) is 11.8 Å². The number of halogens is 2. The van der Waals surface area contributed by atoms with Gasteiger partial charge >= 0.3 is 0 Å². The van der Waals surface area contributed by atoms with Crippen LogP contribution >= 0.6 is 23.2 Å². The maximum absolute atomic E-state index is 12.7. The molecule has 1 aliphatic heterocycles. The molecule has 7 heteroatoms. The third-order valence-corrected chi connectivity index (χ3v) is 4.90. The molecule has 5 nitrogen and oxygen atoms in total. The highest BCUT2D eigenvalue weighted by molar-refractivity contribution is 6.34. The topological polar surface area (TPSA) is 52.6 Å². The molecule has 1 aliphatic rings. The van der Waals surface area contributed by atoms with Gasteiger partial charge in [0, 0.05) is 42.3 Å². The lowest BCUT2D eigenvalue weighted by molar-refractivity contribution is 0.0664. The van der Waals surface area contributed by atoms with Crippen molar-refractivity contribution >= 4 is 40.7 Å². The third kappa shape index (κ3) is 4.36. The molecule has 0 spiro atoms. The second-order valence-corrected chi connectivity index (χ2v) is 7.10. The SMILES string of the molecule is CN1CCN(C(=O)c2ccc(Cl)c(NC(=O)c3cccc(Cl)c3)c2)CC1. The number of benzene rings is 2. The summed E-state index contributed by atoms with van der Waals surface area (Å²) in [5.41, 5.74) is 1.32. The van der Waals surface area contributed by atoms with Gasteiger partial charge < -0.3 is 15.1 Å². The van der Waals surface area contributed by atoms with Gasteiger partial charge in [-0.1, -0.05) is 29.3 Å². The minimum absolute atomic E-state index is 0.0620. The van der Waals surface area contributed by atoms with Crippen LogP contribution in [-0.4, -0.2) is 54.8 Å². The fraction of sp³-hybridized carbons (Fsp3) is 0.263. The van der Waals surface area contributed by atoms with Crippen molar-refractivity contribution in [2.24, 2.45) is 0 Å². The predicted molar refractivity (Wildman–Crippen MR) is 104 cm³/mol. The van der Waals surface area contributed by atoms with Crippen LogP contribution < -0.4 is 5.32 Å². The van der Waals surface area contributed by atoms with Gasteiger partial charge in [0.15, 0.2) is 0 Å². The third-order valence-electron chi connectivity index (χ3n) is 4.34. The lowest BCUT2D eigenvalue weighted by atomic mass is 10.1.